The van der Waals surface area contributed by atoms with Gasteiger partial charge in [-0.2, -0.15) is 0 Å². The van der Waals surface area contributed by atoms with Crippen LogP contribution in [-0.2, 0) is 6.42 Å². The molecule has 132 valence electrons. The maximum Gasteiger partial charge on any atom is 0.317 e. The van der Waals surface area contributed by atoms with Gasteiger partial charge in [0.1, 0.15) is 0 Å². The summed E-state index contributed by atoms with van der Waals surface area (Å²) in [6.45, 7) is 2.85. The first kappa shape index (κ1) is 17.2. The Balaban J connectivity index is 1.47. The molecule has 1 saturated heterocycles. The third-order valence-electron chi connectivity index (χ3n) is 5.48. The minimum absolute atomic E-state index is 0.0152. The molecule has 1 heterocycles. The van der Waals surface area contributed by atoms with Gasteiger partial charge in [-0.15, -0.1) is 0 Å². The van der Waals surface area contributed by atoms with Gasteiger partial charge in [-0.1, -0.05) is 24.3 Å². The van der Waals surface area contributed by atoms with E-state index in [1.165, 1.54) is 17.5 Å². The van der Waals surface area contributed by atoms with Gasteiger partial charge < -0.3 is 20.9 Å². The van der Waals surface area contributed by atoms with Crippen LogP contribution in [0.15, 0.2) is 24.3 Å². The highest BCUT2D eigenvalue weighted by atomic mass is 16.2. The molecule has 5 nitrogen and oxygen atoms in total. The fourth-order valence-electron chi connectivity index (χ4n) is 3.88. The van der Waals surface area contributed by atoms with Crippen molar-refractivity contribution in [2.45, 2.75) is 37.8 Å². The number of benzene rings is 1. The van der Waals surface area contributed by atoms with Crippen LogP contribution in [0.3, 0.4) is 0 Å². The van der Waals surface area contributed by atoms with Crippen molar-refractivity contribution in [2.24, 2.45) is 11.7 Å². The van der Waals surface area contributed by atoms with Crippen molar-refractivity contribution in [2.75, 3.05) is 33.7 Å². The second kappa shape index (κ2) is 7.53. The number of nitrogens with zero attached hydrogens (tertiary/aromatic N) is 2. The second-order valence-corrected chi connectivity index (χ2v) is 7.51. The minimum Gasteiger partial charge on any atom is -0.333 e. The molecule has 0 saturated carbocycles. The van der Waals surface area contributed by atoms with Crippen molar-refractivity contribution in [1.82, 2.24) is 15.1 Å². The molecular weight excluding hydrogens is 300 g/mol. The van der Waals surface area contributed by atoms with E-state index in [2.05, 4.69) is 36.4 Å². The zero-order chi connectivity index (χ0) is 17.1. The monoisotopic (exact) mass is 330 g/mol. The van der Waals surface area contributed by atoms with Gasteiger partial charge in [-0.05, 0) is 63.4 Å². The molecule has 3 rings (SSSR count). The van der Waals surface area contributed by atoms with E-state index in [9.17, 15) is 4.79 Å². The first-order valence-corrected chi connectivity index (χ1v) is 9.08. The first-order chi connectivity index (χ1) is 11.5. The lowest BCUT2D eigenvalue weighted by Gasteiger charge is -2.33. The molecule has 3 N–H and O–H groups in total. The summed E-state index contributed by atoms with van der Waals surface area (Å²) in [6.07, 6.45) is 4.28. The zero-order valence-electron chi connectivity index (χ0n) is 14.9. The van der Waals surface area contributed by atoms with Crippen molar-refractivity contribution in [3.8, 4) is 0 Å². The van der Waals surface area contributed by atoms with Gasteiger partial charge in [0.05, 0.1) is 12.1 Å². The molecule has 0 bridgehead atoms. The largest absolute Gasteiger partial charge is 0.333 e. The summed E-state index contributed by atoms with van der Waals surface area (Å²) in [6, 6.07) is 8.20. The Labute approximate surface area is 145 Å². The first-order valence-electron chi connectivity index (χ1n) is 9.08. The average molecular weight is 330 g/mol. The Bertz CT molecular complexity index is 566. The SMILES string of the molecule is CN(C)CCC1CCN(C(=O)N[C@@H]2Cc3ccccc3[C@H]2N)CC1. The Kier molecular flexibility index (Phi) is 5.41. The van der Waals surface area contributed by atoms with E-state index in [1.807, 2.05) is 17.0 Å². The van der Waals surface area contributed by atoms with Crippen molar-refractivity contribution in [1.29, 1.82) is 0 Å². The highest BCUT2D eigenvalue weighted by Gasteiger charge is 2.32. The lowest BCUT2D eigenvalue weighted by molar-refractivity contribution is 0.161. The molecule has 24 heavy (non-hydrogen) atoms. The van der Waals surface area contributed by atoms with Gasteiger partial charge in [0.15, 0.2) is 0 Å². The van der Waals surface area contributed by atoms with E-state index in [0.717, 1.165) is 44.8 Å². The van der Waals surface area contributed by atoms with Crippen LogP contribution in [0, 0.1) is 5.92 Å². The predicted octanol–water partition coefficient (Wildman–Crippen LogP) is 1.98. The molecule has 2 amide bonds. The molecule has 5 heteroatoms. The quantitative estimate of drug-likeness (QED) is 0.887. The van der Waals surface area contributed by atoms with E-state index in [1.54, 1.807) is 0 Å². The van der Waals surface area contributed by atoms with Crippen LogP contribution in [0.4, 0.5) is 4.79 Å². The summed E-state index contributed by atoms with van der Waals surface area (Å²) in [7, 11) is 4.23. The number of hydrogen-bond donors (Lipinski definition) is 2. The minimum atomic E-state index is -0.0946. The summed E-state index contributed by atoms with van der Waals surface area (Å²) in [5, 5.41) is 3.16. The topological polar surface area (TPSA) is 61.6 Å². The number of urea groups is 1. The summed E-state index contributed by atoms with van der Waals surface area (Å²) < 4.78 is 0. The lowest BCUT2D eigenvalue weighted by Crippen LogP contribution is -2.50. The Morgan fingerprint density at radius 2 is 2.00 bits per heavy atom. The molecule has 1 aromatic rings. The van der Waals surface area contributed by atoms with Gasteiger partial charge in [-0.3, -0.25) is 0 Å². The summed E-state index contributed by atoms with van der Waals surface area (Å²) in [4.78, 5) is 16.8. The van der Waals surface area contributed by atoms with Gasteiger partial charge in [-0.25, -0.2) is 4.79 Å². The molecule has 0 radical (unpaired) electrons. The number of fused-ring (bicyclic) bond motifs is 1. The van der Waals surface area contributed by atoms with Crippen molar-refractivity contribution in [3.63, 3.8) is 0 Å². The molecule has 1 fully saturated rings. The van der Waals surface area contributed by atoms with Crippen molar-refractivity contribution < 1.29 is 4.79 Å². The van der Waals surface area contributed by atoms with Crippen LogP contribution >= 0.6 is 0 Å². The molecule has 1 aliphatic heterocycles. The van der Waals surface area contributed by atoms with Crippen LogP contribution in [0.2, 0.25) is 0 Å². The van der Waals surface area contributed by atoms with Crippen LogP contribution in [0.5, 0.6) is 0 Å². The number of rotatable bonds is 4. The molecular formula is C19H30N4O. The van der Waals surface area contributed by atoms with E-state index >= 15 is 0 Å². The van der Waals surface area contributed by atoms with E-state index in [-0.39, 0.29) is 18.1 Å². The number of nitrogens with one attached hydrogen (secondary N) is 1. The highest BCUT2D eigenvalue weighted by Crippen LogP contribution is 2.29. The summed E-state index contributed by atoms with van der Waals surface area (Å²) in [5.74, 6) is 0.745. The van der Waals surface area contributed by atoms with E-state index in [0.29, 0.717) is 0 Å². The highest BCUT2D eigenvalue weighted by molar-refractivity contribution is 5.75. The average Bonchev–Trinajstić information content (AvgIpc) is 2.90. The van der Waals surface area contributed by atoms with Crippen molar-refractivity contribution >= 4 is 6.03 Å². The number of hydrogen-bond acceptors (Lipinski definition) is 3. The smallest absolute Gasteiger partial charge is 0.317 e. The Morgan fingerprint density at radius 3 is 2.67 bits per heavy atom. The third kappa shape index (κ3) is 3.90. The number of nitrogens with two attached hydrogens (primary N) is 1. The van der Waals surface area contributed by atoms with Gasteiger partial charge in [0.2, 0.25) is 0 Å². The summed E-state index contributed by atoms with van der Waals surface area (Å²) in [5.41, 5.74) is 8.75. The van der Waals surface area contributed by atoms with Crippen LogP contribution < -0.4 is 11.1 Å². The number of amides is 2. The van der Waals surface area contributed by atoms with Gasteiger partial charge >= 0.3 is 6.03 Å². The van der Waals surface area contributed by atoms with Gasteiger partial charge in [0, 0.05) is 13.1 Å². The van der Waals surface area contributed by atoms with Gasteiger partial charge in [0.25, 0.3) is 0 Å². The Morgan fingerprint density at radius 1 is 1.29 bits per heavy atom. The molecule has 0 spiro atoms. The molecule has 1 aromatic carbocycles. The standard InChI is InChI=1S/C19H30N4O/c1-22(2)10-7-14-8-11-23(12-9-14)19(24)21-17-13-15-5-3-4-6-16(15)18(17)20/h3-6,14,17-18H,7-13,20H2,1-2H3,(H,21,24)/t17-,18-/m1/s1. The molecule has 1 aliphatic carbocycles. The molecule has 0 unspecified atom stereocenters. The van der Waals surface area contributed by atoms with Crippen LogP contribution in [-0.4, -0.2) is 55.6 Å². The molecule has 0 aromatic heterocycles. The van der Waals surface area contributed by atoms with E-state index < -0.39 is 0 Å². The van der Waals surface area contributed by atoms with Crippen LogP contribution in [0.1, 0.15) is 36.4 Å². The lowest BCUT2D eigenvalue weighted by atomic mass is 9.93. The number of carbonyl (C=O) groups excluding carboxylic acids is 1. The fraction of sp³-hybridized carbons (Fsp3) is 0.632. The Hall–Kier alpha value is -1.59. The zero-order valence-corrected chi connectivity index (χ0v) is 14.9. The molecule has 2 aliphatic rings. The maximum atomic E-state index is 12.6. The van der Waals surface area contributed by atoms with Crippen LogP contribution in [0.25, 0.3) is 0 Å². The maximum absolute atomic E-state index is 12.6. The number of likely N-dealkylation sites (tertiary alicyclic amines) is 1. The fourth-order valence-corrected chi connectivity index (χ4v) is 3.88. The normalized spacial score (nSPS) is 24.2. The van der Waals surface area contributed by atoms with E-state index in [4.69, 9.17) is 5.73 Å². The number of carbonyl (C=O) groups is 1. The molecule has 2 atom stereocenters. The summed E-state index contributed by atoms with van der Waals surface area (Å²) >= 11 is 0. The van der Waals surface area contributed by atoms with Crippen molar-refractivity contribution in [3.05, 3.63) is 35.4 Å². The predicted molar refractivity (Wildman–Crippen MR) is 96.9 cm³/mol. The third-order valence-corrected chi connectivity index (χ3v) is 5.48. The number of piperidine rings is 1. The second-order valence-electron chi connectivity index (χ2n) is 7.51.